The van der Waals surface area contributed by atoms with Crippen LogP contribution < -0.4 is 10.1 Å². The summed E-state index contributed by atoms with van der Waals surface area (Å²) in [5.41, 5.74) is 0.174. The van der Waals surface area contributed by atoms with Crippen molar-refractivity contribution in [2.45, 2.75) is 47.1 Å². The predicted molar refractivity (Wildman–Crippen MR) is 89.0 cm³/mol. The van der Waals surface area contributed by atoms with Crippen LogP contribution in [0, 0.1) is 10.8 Å². The highest BCUT2D eigenvalue weighted by molar-refractivity contribution is 5.82. The minimum atomic E-state index is -0.577. The SMILES string of the molecule is COc1ccccc1CC(C)(C)C(=O)NCC(O)C(C)(C)C. The molecule has 1 unspecified atom stereocenters. The van der Waals surface area contributed by atoms with E-state index in [4.69, 9.17) is 4.74 Å². The summed E-state index contributed by atoms with van der Waals surface area (Å²) in [4.78, 5) is 12.4. The number of benzene rings is 1. The van der Waals surface area contributed by atoms with E-state index in [1.165, 1.54) is 0 Å². The zero-order chi connectivity index (χ0) is 17.0. The lowest BCUT2D eigenvalue weighted by molar-refractivity contribution is -0.130. The van der Waals surface area contributed by atoms with Crippen LogP contribution in [-0.2, 0) is 11.2 Å². The van der Waals surface area contributed by atoms with Crippen LogP contribution >= 0.6 is 0 Å². The Morgan fingerprint density at radius 2 is 1.82 bits per heavy atom. The summed E-state index contributed by atoms with van der Waals surface area (Å²) in [6, 6.07) is 7.72. The fraction of sp³-hybridized carbons (Fsp3) is 0.611. The Morgan fingerprint density at radius 1 is 1.23 bits per heavy atom. The molecule has 0 aliphatic heterocycles. The van der Waals surface area contributed by atoms with Gasteiger partial charge in [0.15, 0.2) is 0 Å². The van der Waals surface area contributed by atoms with E-state index in [2.05, 4.69) is 5.32 Å². The molecule has 0 radical (unpaired) electrons. The van der Waals surface area contributed by atoms with E-state index in [1.807, 2.05) is 58.9 Å². The smallest absolute Gasteiger partial charge is 0.226 e. The Morgan fingerprint density at radius 3 is 2.36 bits per heavy atom. The average molecular weight is 307 g/mol. The van der Waals surface area contributed by atoms with E-state index in [-0.39, 0.29) is 17.9 Å². The summed E-state index contributed by atoms with van der Waals surface area (Å²) in [6.07, 6.45) is 0.00701. The van der Waals surface area contributed by atoms with Crippen LogP contribution in [0.1, 0.15) is 40.2 Å². The van der Waals surface area contributed by atoms with Crippen LogP contribution in [0.4, 0.5) is 0 Å². The number of hydrogen-bond acceptors (Lipinski definition) is 3. The molecular weight excluding hydrogens is 278 g/mol. The number of rotatable bonds is 6. The first kappa shape index (κ1) is 18.5. The maximum Gasteiger partial charge on any atom is 0.226 e. The topological polar surface area (TPSA) is 58.6 Å². The van der Waals surface area contributed by atoms with E-state index in [1.54, 1.807) is 7.11 Å². The van der Waals surface area contributed by atoms with Gasteiger partial charge in [-0.05, 0) is 23.5 Å². The summed E-state index contributed by atoms with van der Waals surface area (Å²) in [5.74, 6) is 0.722. The fourth-order valence-corrected chi connectivity index (χ4v) is 2.14. The van der Waals surface area contributed by atoms with Gasteiger partial charge in [0.2, 0.25) is 5.91 Å². The minimum absolute atomic E-state index is 0.0679. The summed E-state index contributed by atoms with van der Waals surface area (Å²) in [7, 11) is 1.63. The molecule has 0 aromatic heterocycles. The van der Waals surface area contributed by atoms with Crippen molar-refractivity contribution in [3.63, 3.8) is 0 Å². The van der Waals surface area contributed by atoms with E-state index < -0.39 is 11.5 Å². The second-order valence-electron chi connectivity index (χ2n) is 7.46. The van der Waals surface area contributed by atoms with Crippen molar-refractivity contribution in [3.05, 3.63) is 29.8 Å². The molecule has 0 saturated carbocycles. The lowest BCUT2D eigenvalue weighted by Gasteiger charge is -2.29. The molecule has 1 amide bonds. The molecule has 0 bridgehead atoms. The van der Waals surface area contributed by atoms with Gasteiger partial charge in [-0.25, -0.2) is 0 Å². The van der Waals surface area contributed by atoms with Gasteiger partial charge in [-0.15, -0.1) is 0 Å². The largest absolute Gasteiger partial charge is 0.496 e. The van der Waals surface area contributed by atoms with Crippen molar-refractivity contribution in [1.82, 2.24) is 5.32 Å². The molecule has 4 heteroatoms. The quantitative estimate of drug-likeness (QED) is 0.849. The first-order chi connectivity index (χ1) is 10.1. The van der Waals surface area contributed by atoms with Gasteiger partial charge in [-0.1, -0.05) is 52.8 Å². The van der Waals surface area contributed by atoms with Gasteiger partial charge < -0.3 is 15.2 Å². The first-order valence-corrected chi connectivity index (χ1v) is 7.66. The van der Waals surface area contributed by atoms with Gasteiger partial charge in [-0.2, -0.15) is 0 Å². The highest BCUT2D eigenvalue weighted by atomic mass is 16.5. The molecule has 0 spiro atoms. The third-order valence-electron chi connectivity index (χ3n) is 3.90. The second-order valence-corrected chi connectivity index (χ2v) is 7.46. The van der Waals surface area contributed by atoms with Gasteiger partial charge in [-0.3, -0.25) is 4.79 Å². The number of nitrogens with one attached hydrogen (secondary N) is 1. The average Bonchev–Trinajstić information content (AvgIpc) is 2.43. The molecule has 1 aromatic rings. The van der Waals surface area contributed by atoms with Crippen LogP contribution in [0.5, 0.6) is 5.75 Å². The molecule has 124 valence electrons. The second kappa shape index (κ2) is 7.14. The van der Waals surface area contributed by atoms with Crippen LogP contribution in [-0.4, -0.2) is 30.8 Å². The monoisotopic (exact) mass is 307 g/mol. The molecule has 0 saturated heterocycles. The third-order valence-corrected chi connectivity index (χ3v) is 3.90. The normalized spacial score (nSPS) is 13.6. The Kier molecular flexibility index (Phi) is 6.00. The zero-order valence-electron chi connectivity index (χ0n) is 14.6. The molecule has 4 nitrogen and oxygen atoms in total. The van der Waals surface area contributed by atoms with Crippen LogP contribution in [0.25, 0.3) is 0 Å². The highest BCUT2D eigenvalue weighted by Gasteiger charge is 2.30. The van der Waals surface area contributed by atoms with Gasteiger partial charge in [0.05, 0.1) is 13.2 Å². The molecule has 1 rings (SSSR count). The standard InChI is InChI=1S/C18H29NO3/c1-17(2,3)15(20)12-19-16(21)18(4,5)11-13-9-7-8-10-14(13)22-6/h7-10,15,20H,11-12H2,1-6H3,(H,19,21). The molecule has 0 aliphatic rings. The maximum atomic E-state index is 12.4. The van der Waals surface area contributed by atoms with Crippen molar-refractivity contribution >= 4 is 5.91 Å². The van der Waals surface area contributed by atoms with Crippen molar-refractivity contribution < 1.29 is 14.6 Å². The predicted octanol–water partition coefficient (Wildman–Crippen LogP) is 2.79. The zero-order valence-corrected chi connectivity index (χ0v) is 14.6. The van der Waals surface area contributed by atoms with E-state index in [0.717, 1.165) is 11.3 Å². The Balaban J connectivity index is 2.71. The molecule has 0 heterocycles. The molecule has 0 aliphatic carbocycles. The highest BCUT2D eigenvalue weighted by Crippen LogP contribution is 2.28. The summed E-state index contributed by atoms with van der Waals surface area (Å²) >= 11 is 0. The van der Waals surface area contributed by atoms with E-state index in [9.17, 15) is 9.90 Å². The number of carbonyl (C=O) groups excluding carboxylic acids is 1. The molecule has 22 heavy (non-hydrogen) atoms. The van der Waals surface area contributed by atoms with Crippen LogP contribution in [0.3, 0.4) is 0 Å². The molecule has 1 atom stereocenters. The fourth-order valence-electron chi connectivity index (χ4n) is 2.14. The van der Waals surface area contributed by atoms with Gasteiger partial charge >= 0.3 is 0 Å². The van der Waals surface area contributed by atoms with Gasteiger partial charge in [0.1, 0.15) is 5.75 Å². The Bertz CT molecular complexity index is 503. The van der Waals surface area contributed by atoms with Gasteiger partial charge in [0, 0.05) is 12.0 Å². The van der Waals surface area contributed by atoms with E-state index >= 15 is 0 Å². The first-order valence-electron chi connectivity index (χ1n) is 7.66. The van der Waals surface area contributed by atoms with Crippen molar-refractivity contribution in [2.24, 2.45) is 10.8 Å². The number of ether oxygens (including phenoxy) is 1. The Labute approximate surface area is 133 Å². The number of amides is 1. The van der Waals surface area contributed by atoms with Crippen molar-refractivity contribution in [1.29, 1.82) is 0 Å². The molecular formula is C18H29NO3. The molecule has 1 aromatic carbocycles. The van der Waals surface area contributed by atoms with Crippen molar-refractivity contribution in [3.8, 4) is 5.75 Å². The molecule has 0 fully saturated rings. The number of aliphatic hydroxyl groups excluding tert-OH is 1. The number of hydrogen-bond donors (Lipinski definition) is 2. The summed E-state index contributed by atoms with van der Waals surface area (Å²) < 4.78 is 5.34. The van der Waals surface area contributed by atoms with E-state index in [0.29, 0.717) is 6.42 Å². The van der Waals surface area contributed by atoms with Crippen molar-refractivity contribution in [2.75, 3.05) is 13.7 Å². The van der Waals surface area contributed by atoms with Gasteiger partial charge in [0.25, 0.3) is 0 Å². The lowest BCUT2D eigenvalue weighted by atomic mass is 9.84. The summed E-state index contributed by atoms with van der Waals surface area (Å²) in [6.45, 7) is 9.91. The summed E-state index contributed by atoms with van der Waals surface area (Å²) in [5, 5.41) is 12.9. The minimum Gasteiger partial charge on any atom is -0.496 e. The molecule has 2 N–H and O–H groups in total. The number of para-hydroxylation sites is 1. The van der Waals surface area contributed by atoms with Crippen LogP contribution in [0.2, 0.25) is 0 Å². The number of carbonyl (C=O) groups is 1. The Hall–Kier alpha value is -1.55. The maximum absolute atomic E-state index is 12.4. The van der Waals surface area contributed by atoms with Crippen LogP contribution in [0.15, 0.2) is 24.3 Å². The lowest BCUT2D eigenvalue weighted by Crippen LogP contribution is -2.44. The third kappa shape index (κ3) is 5.02. The number of aliphatic hydroxyl groups is 1. The number of methoxy groups -OCH3 is 1.